The Morgan fingerprint density at radius 3 is 2.80 bits per heavy atom. The summed E-state index contributed by atoms with van der Waals surface area (Å²) >= 11 is 2.84. The first kappa shape index (κ1) is 19.4. The lowest BCUT2D eigenvalue weighted by Gasteiger charge is -2.11. The van der Waals surface area contributed by atoms with E-state index in [2.05, 4.69) is 31.4 Å². The third-order valence-electron chi connectivity index (χ3n) is 3.32. The molecule has 0 spiro atoms. The van der Waals surface area contributed by atoms with Crippen LogP contribution in [-0.4, -0.2) is 23.2 Å². The highest BCUT2D eigenvalue weighted by atomic mass is 79.9. The summed E-state index contributed by atoms with van der Waals surface area (Å²) in [5.41, 5.74) is -0.805. The molecule has 136 valence electrons. The van der Waals surface area contributed by atoms with Crippen LogP contribution in [0, 0.1) is 0 Å². The van der Waals surface area contributed by atoms with Crippen LogP contribution < -0.4 is 5.32 Å². The molecule has 0 aliphatic rings. The fourth-order valence-electron chi connectivity index (χ4n) is 1.90. The van der Waals surface area contributed by atoms with Crippen molar-refractivity contribution in [3.63, 3.8) is 0 Å². The zero-order valence-corrected chi connectivity index (χ0v) is 14.9. The van der Waals surface area contributed by atoms with Gasteiger partial charge in [-0.2, -0.15) is 18.2 Å². The van der Waals surface area contributed by atoms with Gasteiger partial charge in [-0.15, -0.1) is 0 Å². The normalized spacial score (nSPS) is 12.9. The standard InChI is InChI=1S/C15H15BrF3N3O3/c1-8(24-2)14-21-13(25-22-14)6-5-12(23)20-9-3-4-11(16)10(7-9)15(17,18)19/h3-4,7-8H,5-6H2,1-2H3,(H,20,23)/t8-/m1/s1. The largest absolute Gasteiger partial charge is 0.417 e. The van der Waals surface area contributed by atoms with Gasteiger partial charge >= 0.3 is 6.18 Å². The molecule has 2 aromatic rings. The molecule has 10 heteroatoms. The van der Waals surface area contributed by atoms with Crippen LogP contribution in [0.15, 0.2) is 27.2 Å². The molecule has 1 atom stereocenters. The van der Waals surface area contributed by atoms with Crippen LogP contribution in [0.1, 0.15) is 36.7 Å². The number of methoxy groups -OCH3 is 1. The van der Waals surface area contributed by atoms with Crippen LogP contribution in [0.4, 0.5) is 18.9 Å². The van der Waals surface area contributed by atoms with Gasteiger partial charge in [0, 0.05) is 30.1 Å². The van der Waals surface area contributed by atoms with E-state index in [1.807, 2.05) is 0 Å². The van der Waals surface area contributed by atoms with Gasteiger partial charge in [0.15, 0.2) is 5.82 Å². The number of carbonyl (C=O) groups is 1. The fraction of sp³-hybridized carbons (Fsp3) is 0.400. The molecule has 0 fully saturated rings. The maximum Gasteiger partial charge on any atom is 0.417 e. The molecule has 1 aromatic carbocycles. The van der Waals surface area contributed by atoms with Crippen molar-refractivity contribution >= 4 is 27.5 Å². The first-order valence-electron chi connectivity index (χ1n) is 7.22. The highest BCUT2D eigenvalue weighted by Gasteiger charge is 2.33. The Kier molecular flexibility index (Phi) is 6.17. The molecule has 1 aromatic heterocycles. The summed E-state index contributed by atoms with van der Waals surface area (Å²) in [6.45, 7) is 1.74. The fourth-order valence-corrected chi connectivity index (χ4v) is 2.38. The molecule has 1 heterocycles. The summed E-state index contributed by atoms with van der Waals surface area (Å²) in [6.07, 6.45) is -4.70. The summed E-state index contributed by atoms with van der Waals surface area (Å²) in [5.74, 6) is 0.150. The first-order valence-corrected chi connectivity index (χ1v) is 8.02. The number of nitrogens with one attached hydrogen (secondary N) is 1. The van der Waals surface area contributed by atoms with E-state index in [9.17, 15) is 18.0 Å². The average Bonchev–Trinajstić information content (AvgIpc) is 3.02. The number of amides is 1. The molecule has 0 saturated carbocycles. The summed E-state index contributed by atoms with van der Waals surface area (Å²) in [6, 6.07) is 3.48. The lowest BCUT2D eigenvalue weighted by Crippen LogP contribution is -2.14. The van der Waals surface area contributed by atoms with E-state index in [1.54, 1.807) is 6.92 Å². The van der Waals surface area contributed by atoms with E-state index in [0.29, 0.717) is 5.82 Å². The summed E-state index contributed by atoms with van der Waals surface area (Å²) in [5, 5.41) is 6.14. The monoisotopic (exact) mass is 421 g/mol. The zero-order chi connectivity index (χ0) is 18.6. The van der Waals surface area contributed by atoms with Gasteiger partial charge in [-0.25, -0.2) is 0 Å². The van der Waals surface area contributed by atoms with Gasteiger partial charge < -0.3 is 14.6 Å². The Bertz CT molecular complexity index is 749. The number of rotatable bonds is 6. The minimum Gasteiger partial charge on any atom is -0.374 e. The third-order valence-corrected chi connectivity index (χ3v) is 4.01. The van der Waals surface area contributed by atoms with Crippen molar-refractivity contribution in [1.82, 2.24) is 10.1 Å². The number of anilines is 1. The van der Waals surface area contributed by atoms with Crippen LogP contribution in [0.3, 0.4) is 0 Å². The van der Waals surface area contributed by atoms with Crippen LogP contribution in [0.5, 0.6) is 0 Å². The molecule has 1 N–H and O–H groups in total. The summed E-state index contributed by atoms with van der Waals surface area (Å²) < 4.78 is 48.5. The van der Waals surface area contributed by atoms with E-state index >= 15 is 0 Å². The quantitative estimate of drug-likeness (QED) is 0.758. The van der Waals surface area contributed by atoms with Gasteiger partial charge in [-0.1, -0.05) is 21.1 Å². The smallest absolute Gasteiger partial charge is 0.374 e. The van der Waals surface area contributed by atoms with Gasteiger partial charge in [0.25, 0.3) is 0 Å². The number of halogens is 4. The van der Waals surface area contributed by atoms with E-state index in [1.165, 1.54) is 19.2 Å². The SMILES string of the molecule is CO[C@H](C)c1noc(CCC(=O)Nc2ccc(Br)c(C(F)(F)F)c2)n1. The molecule has 0 radical (unpaired) electrons. The minimum atomic E-state index is -4.52. The topological polar surface area (TPSA) is 77.2 Å². The van der Waals surface area contributed by atoms with Crippen molar-refractivity contribution in [3.8, 4) is 0 Å². The number of nitrogens with zero attached hydrogens (tertiary/aromatic N) is 2. The Hall–Kier alpha value is -1.94. The molecular weight excluding hydrogens is 407 g/mol. The predicted octanol–water partition coefficient (Wildman–Crippen LogP) is 4.13. The second-order valence-electron chi connectivity index (χ2n) is 5.16. The third kappa shape index (κ3) is 5.27. The number of hydrogen-bond acceptors (Lipinski definition) is 5. The molecule has 0 aliphatic carbocycles. The van der Waals surface area contributed by atoms with Gasteiger partial charge in [0.2, 0.25) is 11.8 Å². The molecule has 0 saturated heterocycles. The molecule has 25 heavy (non-hydrogen) atoms. The Balaban J connectivity index is 1.95. The van der Waals surface area contributed by atoms with Crippen LogP contribution in [0.2, 0.25) is 0 Å². The van der Waals surface area contributed by atoms with Crippen molar-refractivity contribution in [2.24, 2.45) is 0 Å². The highest BCUT2D eigenvalue weighted by molar-refractivity contribution is 9.10. The minimum absolute atomic E-state index is 0.0135. The second kappa shape index (κ2) is 7.96. The molecular formula is C15H15BrF3N3O3. The van der Waals surface area contributed by atoms with Crippen LogP contribution >= 0.6 is 15.9 Å². The maximum atomic E-state index is 12.9. The van der Waals surface area contributed by atoms with E-state index < -0.39 is 17.6 Å². The summed E-state index contributed by atoms with van der Waals surface area (Å²) in [4.78, 5) is 16.0. The van der Waals surface area contributed by atoms with Crippen LogP contribution in [0.25, 0.3) is 0 Å². The first-order chi connectivity index (χ1) is 11.7. The van der Waals surface area contributed by atoms with Gasteiger partial charge in [0.1, 0.15) is 6.10 Å². The van der Waals surface area contributed by atoms with E-state index in [0.717, 1.165) is 6.07 Å². The molecule has 0 unspecified atom stereocenters. The van der Waals surface area contributed by atoms with Gasteiger partial charge in [0.05, 0.1) is 5.56 Å². The maximum absolute atomic E-state index is 12.9. The Morgan fingerprint density at radius 2 is 2.16 bits per heavy atom. The molecule has 6 nitrogen and oxygen atoms in total. The second-order valence-corrected chi connectivity index (χ2v) is 6.02. The average molecular weight is 422 g/mol. The number of ether oxygens (including phenoxy) is 1. The number of hydrogen-bond donors (Lipinski definition) is 1. The predicted molar refractivity (Wildman–Crippen MR) is 85.8 cm³/mol. The van der Waals surface area contributed by atoms with Crippen molar-refractivity contribution in [2.45, 2.75) is 32.0 Å². The van der Waals surface area contributed by atoms with Gasteiger partial charge in [-0.3, -0.25) is 4.79 Å². The summed E-state index contributed by atoms with van der Waals surface area (Å²) in [7, 11) is 1.50. The van der Waals surface area contributed by atoms with Crippen LogP contribution in [-0.2, 0) is 22.1 Å². The molecule has 0 bridgehead atoms. The molecule has 1 amide bonds. The molecule has 0 aliphatic heterocycles. The van der Waals surface area contributed by atoms with E-state index in [-0.39, 0.29) is 35.0 Å². The Labute approximate surface area is 149 Å². The lowest BCUT2D eigenvalue weighted by molar-refractivity contribution is -0.138. The number of aromatic nitrogens is 2. The van der Waals surface area contributed by atoms with Crippen molar-refractivity contribution in [3.05, 3.63) is 40.0 Å². The Morgan fingerprint density at radius 1 is 1.44 bits per heavy atom. The van der Waals surface area contributed by atoms with Crippen molar-refractivity contribution in [2.75, 3.05) is 12.4 Å². The number of alkyl halides is 3. The van der Waals surface area contributed by atoms with Crippen molar-refractivity contribution in [1.29, 1.82) is 0 Å². The molecule has 2 rings (SSSR count). The van der Waals surface area contributed by atoms with E-state index in [4.69, 9.17) is 9.26 Å². The van der Waals surface area contributed by atoms with Crippen molar-refractivity contribution < 1.29 is 27.2 Å². The number of carbonyl (C=O) groups excluding carboxylic acids is 1. The highest BCUT2D eigenvalue weighted by Crippen LogP contribution is 2.36. The number of benzene rings is 1. The number of aryl methyl sites for hydroxylation is 1. The zero-order valence-electron chi connectivity index (χ0n) is 13.4. The van der Waals surface area contributed by atoms with Gasteiger partial charge in [-0.05, 0) is 25.1 Å². The lowest BCUT2D eigenvalue weighted by atomic mass is 10.2.